The van der Waals surface area contributed by atoms with Crippen LogP contribution in [0.2, 0.25) is 0 Å². The second kappa shape index (κ2) is 8.95. The summed E-state index contributed by atoms with van der Waals surface area (Å²) in [5.74, 6) is 2.56. The molecule has 0 amide bonds. The third kappa shape index (κ3) is 3.86. The Hall–Kier alpha value is -5.16. The zero-order valence-corrected chi connectivity index (χ0v) is 22.1. The quantitative estimate of drug-likeness (QED) is 0.180. The Balaban J connectivity index is 1.17. The number of benzene rings is 5. The number of hydrogen-bond donors (Lipinski definition) is 2. The van der Waals surface area contributed by atoms with Gasteiger partial charge in [-0.25, -0.2) is 0 Å². The number of rotatable bonds is 3. The Morgan fingerprint density at radius 1 is 0.550 bits per heavy atom. The lowest BCUT2D eigenvalue weighted by molar-refractivity contribution is 0.359. The molecule has 0 atom stereocenters. The molecule has 7 rings (SSSR count). The lowest BCUT2D eigenvalue weighted by Crippen LogP contribution is -2.15. The highest BCUT2D eigenvalue weighted by molar-refractivity contribution is 6.05. The average Bonchev–Trinajstić information content (AvgIpc) is 3.21. The Labute approximate surface area is 232 Å². The van der Waals surface area contributed by atoms with Gasteiger partial charge in [0.2, 0.25) is 11.8 Å². The topological polar surface area (TPSA) is 75.4 Å². The molecule has 0 radical (unpaired) electrons. The monoisotopic (exact) mass is 522 g/mol. The lowest BCUT2D eigenvalue weighted by Gasteiger charge is -2.25. The third-order valence-electron chi connectivity index (χ3n) is 7.73. The largest absolute Gasteiger partial charge is 0.449 e. The molecule has 1 heterocycles. The van der Waals surface area contributed by atoms with Crippen molar-refractivity contribution < 1.29 is 14.2 Å². The van der Waals surface area contributed by atoms with E-state index in [1.165, 1.54) is 22.3 Å². The molecule has 194 valence electrons. The van der Waals surface area contributed by atoms with E-state index in [1.54, 1.807) is 18.2 Å². The van der Waals surface area contributed by atoms with E-state index in [0.29, 0.717) is 34.1 Å². The molecule has 40 heavy (non-hydrogen) atoms. The smallest absolute Gasteiger partial charge is 0.221 e. The molecule has 0 saturated carbocycles. The number of hydrogen-bond acceptors (Lipinski definition) is 5. The molecule has 0 saturated heterocycles. The standard InChI is InChI=1S/C35H26N2O3/c1-35(2)27-14-7-6-13-25(27)26-19-31-32(20-28(26)35)39-30-18-23(15-16-29(30)38-31)22-11-8-12-24(17-22)34(37)40-33(36)21-9-4-3-5-10-21/h3-20,36-37H,1-2H3. The minimum absolute atomic E-state index is 0.0632. The van der Waals surface area contributed by atoms with Crippen LogP contribution in [0.15, 0.2) is 109 Å². The van der Waals surface area contributed by atoms with E-state index in [9.17, 15) is 0 Å². The predicted octanol–water partition coefficient (Wildman–Crippen LogP) is 8.93. The first-order valence-corrected chi connectivity index (χ1v) is 13.2. The molecule has 5 aromatic rings. The van der Waals surface area contributed by atoms with Gasteiger partial charge in [0, 0.05) is 16.5 Å². The average molecular weight is 523 g/mol. The van der Waals surface area contributed by atoms with E-state index in [1.807, 2.05) is 54.6 Å². The van der Waals surface area contributed by atoms with Gasteiger partial charge in [0.25, 0.3) is 0 Å². The Bertz CT molecular complexity index is 1840. The van der Waals surface area contributed by atoms with Gasteiger partial charge in [-0.15, -0.1) is 0 Å². The van der Waals surface area contributed by atoms with Crippen molar-refractivity contribution in [3.05, 3.63) is 131 Å². The van der Waals surface area contributed by atoms with Crippen molar-refractivity contribution in [3.8, 4) is 45.3 Å². The van der Waals surface area contributed by atoms with Crippen LogP contribution in [0.4, 0.5) is 0 Å². The minimum Gasteiger partial charge on any atom is -0.449 e. The minimum atomic E-state index is -0.129. The molecule has 5 heteroatoms. The van der Waals surface area contributed by atoms with Crippen molar-refractivity contribution in [1.82, 2.24) is 0 Å². The van der Waals surface area contributed by atoms with Gasteiger partial charge < -0.3 is 14.2 Å². The van der Waals surface area contributed by atoms with Crippen LogP contribution in [0.25, 0.3) is 22.3 Å². The van der Waals surface area contributed by atoms with Crippen molar-refractivity contribution in [2.75, 3.05) is 0 Å². The van der Waals surface area contributed by atoms with Crippen LogP contribution in [0.3, 0.4) is 0 Å². The molecular formula is C35H26N2O3. The Morgan fingerprint density at radius 3 is 2.05 bits per heavy atom. The molecule has 1 aliphatic heterocycles. The van der Waals surface area contributed by atoms with Gasteiger partial charge in [-0.05, 0) is 81.9 Å². The van der Waals surface area contributed by atoms with Crippen LogP contribution in [-0.2, 0) is 10.2 Å². The van der Waals surface area contributed by atoms with Crippen LogP contribution in [0, 0.1) is 10.8 Å². The van der Waals surface area contributed by atoms with Crippen molar-refractivity contribution in [2.45, 2.75) is 19.3 Å². The fourth-order valence-electron chi connectivity index (χ4n) is 5.61. The normalized spacial score (nSPS) is 13.6. The van der Waals surface area contributed by atoms with E-state index < -0.39 is 0 Å². The van der Waals surface area contributed by atoms with Crippen molar-refractivity contribution >= 4 is 11.8 Å². The van der Waals surface area contributed by atoms with Gasteiger partial charge in [0.05, 0.1) is 0 Å². The molecule has 0 bridgehead atoms. The van der Waals surface area contributed by atoms with Gasteiger partial charge in [-0.1, -0.05) is 74.5 Å². The molecule has 5 aromatic carbocycles. The zero-order chi connectivity index (χ0) is 27.4. The lowest BCUT2D eigenvalue weighted by atomic mass is 9.82. The number of fused-ring (bicyclic) bond motifs is 5. The summed E-state index contributed by atoms with van der Waals surface area (Å²) in [7, 11) is 0. The van der Waals surface area contributed by atoms with Gasteiger partial charge in [0.1, 0.15) is 0 Å². The van der Waals surface area contributed by atoms with Gasteiger partial charge >= 0.3 is 0 Å². The van der Waals surface area contributed by atoms with Gasteiger partial charge in [-0.2, -0.15) is 0 Å². The summed E-state index contributed by atoms with van der Waals surface area (Å²) >= 11 is 0. The predicted molar refractivity (Wildman–Crippen MR) is 157 cm³/mol. The van der Waals surface area contributed by atoms with Gasteiger partial charge in [0.15, 0.2) is 23.0 Å². The van der Waals surface area contributed by atoms with E-state index in [4.69, 9.17) is 25.0 Å². The Morgan fingerprint density at radius 2 is 1.20 bits per heavy atom. The molecule has 0 spiro atoms. The second-order valence-electron chi connectivity index (χ2n) is 10.6. The van der Waals surface area contributed by atoms with Crippen LogP contribution in [-0.4, -0.2) is 11.8 Å². The zero-order valence-electron chi connectivity index (χ0n) is 22.1. The maximum absolute atomic E-state index is 8.43. The Kier molecular flexibility index (Phi) is 5.35. The van der Waals surface area contributed by atoms with E-state index in [0.717, 1.165) is 11.1 Å². The first-order chi connectivity index (χ1) is 19.4. The first-order valence-electron chi connectivity index (χ1n) is 13.2. The molecule has 1 aliphatic carbocycles. The van der Waals surface area contributed by atoms with E-state index in [-0.39, 0.29) is 17.2 Å². The molecular weight excluding hydrogens is 496 g/mol. The van der Waals surface area contributed by atoms with Crippen molar-refractivity contribution in [2.24, 2.45) is 0 Å². The second-order valence-corrected chi connectivity index (χ2v) is 10.6. The fourth-order valence-corrected chi connectivity index (χ4v) is 5.61. The summed E-state index contributed by atoms with van der Waals surface area (Å²) in [6.07, 6.45) is 0. The highest BCUT2D eigenvalue weighted by Gasteiger charge is 2.37. The maximum Gasteiger partial charge on any atom is 0.221 e. The molecule has 5 nitrogen and oxygen atoms in total. The molecule has 0 aromatic heterocycles. The van der Waals surface area contributed by atoms with Crippen LogP contribution < -0.4 is 9.47 Å². The van der Waals surface area contributed by atoms with Crippen molar-refractivity contribution in [3.63, 3.8) is 0 Å². The summed E-state index contributed by atoms with van der Waals surface area (Å²) < 4.78 is 18.3. The molecule has 2 N–H and O–H groups in total. The van der Waals surface area contributed by atoms with Crippen LogP contribution >= 0.6 is 0 Å². The number of nitrogens with one attached hydrogen (secondary N) is 2. The highest BCUT2D eigenvalue weighted by atomic mass is 16.6. The summed E-state index contributed by atoms with van der Waals surface area (Å²) in [5.41, 5.74) is 7.85. The molecule has 2 aliphatic rings. The van der Waals surface area contributed by atoms with E-state index in [2.05, 4.69) is 50.2 Å². The summed E-state index contributed by atoms with van der Waals surface area (Å²) in [5, 5.41) is 16.6. The molecule has 0 unspecified atom stereocenters. The van der Waals surface area contributed by atoms with E-state index >= 15 is 0 Å². The maximum atomic E-state index is 8.43. The highest BCUT2D eigenvalue weighted by Crippen LogP contribution is 2.55. The summed E-state index contributed by atoms with van der Waals surface area (Å²) in [6, 6.07) is 35.3. The first kappa shape index (κ1) is 23.9. The molecule has 0 fully saturated rings. The number of ether oxygens (including phenoxy) is 3. The van der Waals surface area contributed by atoms with Gasteiger partial charge in [-0.3, -0.25) is 10.8 Å². The third-order valence-corrected chi connectivity index (χ3v) is 7.73. The SMILES string of the molecule is CC1(C)c2ccccc2-c2cc3c(cc21)Oc1cc(-c2cccc(C(=N)OC(=N)c4ccccc4)c2)ccc1O3. The fraction of sp³-hybridized carbons (Fsp3) is 0.0857. The summed E-state index contributed by atoms with van der Waals surface area (Å²) in [6.45, 7) is 4.49. The van der Waals surface area contributed by atoms with Crippen LogP contribution in [0.1, 0.15) is 36.1 Å². The van der Waals surface area contributed by atoms with Crippen molar-refractivity contribution in [1.29, 1.82) is 10.8 Å². The van der Waals surface area contributed by atoms with Crippen LogP contribution in [0.5, 0.6) is 23.0 Å². The summed E-state index contributed by atoms with van der Waals surface area (Å²) in [4.78, 5) is 0.